The van der Waals surface area contributed by atoms with Crippen LogP contribution in [0.2, 0.25) is 0 Å². The van der Waals surface area contributed by atoms with Crippen LogP contribution in [0.25, 0.3) is 0 Å². The maximum absolute atomic E-state index is 8.49. The zero-order chi connectivity index (χ0) is 5.98. The molecule has 0 heterocycles. The van der Waals surface area contributed by atoms with E-state index < -0.39 is 0 Å². The smallest absolute Gasteiger partial charge is 0.0582 e. The van der Waals surface area contributed by atoms with Crippen LogP contribution in [0.5, 0.6) is 0 Å². The van der Waals surface area contributed by atoms with E-state index in [9.17, 15) is 0 Å². The number of aliphatic hydroxyl groups excluding tert-OH is 1. The Labute approximate surface area is 49.7 Å². The van der Waals surface area contributed by atoms with Crippen LogP contribution in [0.1, 0.15) is 19.3 Å². The minimum Gasteiger partial charge on any atom is -0.395 e. The summed E-state index contributed by atoms with van der Waals surface area (Å²) < 4.78 is 0. The maximum Gasteiger partial charge on any atom is 0.0582 e. The Hall–Kier alpha value is -0.0800. The lowest BCUT2D eigenvalue weighted by atomic mass is 10.2. The third kappa shape index (κ3) is 1.80. The largest absolute Gasteiger partial charge is 0.395 e. The Morgan fingerprint density at radius 3 is 2.62 bits per heavy atom. The molecule has 1 fully saturated rings. The van der Waals surface area contributed by atoms with Gasteiger partial charge in [0, 0.05) is 6.04 Å². The van der Waals surface area contributed by atoms with Crippen molar-refractivity contribution in [3.8, 4) is 0 Å². The normalized spacial score (nSPS) is 23.2. The van der Waals surface area contributed by atoms with Crippen molar-refractivity contribution in [2.24, 2.45) is 11.7 Å². The van der Waals surface area contributed by atoms with Crippen LogP contribution in [0.15, 0.2) is 0 Å². The molecule has 1 saturated carbocycles. The highest BCUT2D eigenvalue weighted by molar-refractivity contribution is 4.77. The highest BCUT2D eigenvalue weighted by Gasteiger charge is 2.23. The number of hydrogen-bond acceptors (Lipinski definition) is 2. The van der Waals surface area contributed by atoms with Gasteiger partial charge in [0.25, 0.3) is 0 Å². The highest BCUT2D eigenvalue weighted by Crippen LogP contribution is 2.32. The lowest BCUT2D eigenvalue weighted by Crippen LogP contribution is -2.24. The first-order valence-corrected chi connectivity index (χ1v) is 3.19. The summed E-state index contributed by atoms with van der Waals surface area (Å²) in [4.78, 5) is 0. The zero-order valence-corrected chi connectivity index (χ0v) is 5.01. The summed E-state index contributed by atoms with van der Waals surface area (Å²) in [6.45, 7) is 0.149. The number of hydrogen-bond donors (Lipinski definition) is 2. The average molecular weight is 115 g/mol. The predicted molar refractivity (Wildman–Crippen MR) is 32.4 cm³/mol. The third-order valence-electron chi connectivity index (χ3n) is 1.57. The zero-order valence-electron chi connectivity index (χ0n) is 5.01. The molecule has 1 aliphatic carbocycles. The fraction of sp³-hybridized carbons (Fsp3) is 1.00. The van der Waals surface area contributed by atoms with Crippen molar-refractivity contribution in [1.82, 2.24) is 0 Å². The van der Waals surface area contributed by atoms with Crippen molar-refractivity contribution in [3.05, 3.63) is 0 Å². The fourth-order valence-electron chi connectivity index (χ4n) is 0.856. The van der Waals surface area contributed by atoms with Crippen molar-refractivity contribution in [1.29, 1.82) is 0 Å². The Kier molecular flexibility index (Phi) is 1.86. The summed E-state index contributed by atoms with van der Waals surface area (Å²) in [5.41, 5.74) is 5.46. The van der Waals surface area contributed by atoms with E-state index in [0.29, 0.717) is 0 Å². The van der Waals surface area contributed by atoms with Gasteiger partial charge in [-0.15, -0.1) is 0 Å². The quantitative estimate of drug-likeness (QED) is 0.548. The summed E-state index contributed by atoms with van der Waals surface area (Å²) >= 11 is 0. The van der Waals surface area contributed by atoms with Gasteiger partial charge in [0.1, 0.15) is 0 Å². The molecule has 0 aliphatic heterocycles. The molecule has 0 aromatic carbocycles. The van der Waals surface area contributed by atoms with Gasteiger partial charge in [0.2, 0.25) is 0 Å². The molecular weight excluding hydrogens is 102 g/mol. The van der Waals surface area contributed by atoms with Gasteiger partial charge in [0.05, 0.1) is 6.61 Å². The SMILES string of the molecule is NC(CO)CC1CC1. The van der Waals surface area contributed by atoms with Gasteiger partial charge in [-0.05, 0) is 12.3 Å². The number of rotatable bonds is 3. The van der Waals surface area contributed by atoms with Crippen LogP contribution in [0, 0.1) is 5.92 Å². The summed E-state index contributed by atoms with van der Waals surface area (Å²) in [6.07, 6.45) is 3.68. The van der Waals surface area contributed by atoms with E-state index in [1.165, 1.54) is 12.8 Å². The standard InChI is InChI=1S/C6H13NO/c7-6(4-8)3-5-1-2-5/h5-6,8H,1-4,7H2. The molecule has 2 nitrogen and oxygen atoms in total. The van der Waals surface area contributed by atoms with E-state index in [-0.39, 0.29) is 12.6 Å². The monoisotopic (exact) mass is 115 g/mol. The second kappa shape index (κ2) is 2.46. The van der Waals surface area contributed by atoms with E-state index in [1.807, 2.05) is 0 Å². The molecule has 1 unspecified atom stereocenters. The van der Waals surface area contributed by atoms with E-state index in [4.69, 9.17) is 10.8 Å². The number of aliphatic hydroxyl groups is 1. The van der Waals surface area contributed by atoms with Gasteiger partial charge in [0.15, 0.2) is 0 Å². The first-order chi connectivity index (χ1) is 3.83. The van der Waals surface area contributed by atoms with Crippen molar-refractivity contribution >= 4 is 0 Å². The second-order valence-corrected chi connectivity index (χ2v) is 2.62. The van der Waals surface area contributed by atoms with Crippen molar-refractivity contribution in [2.75, 3.05) is 6.61 Å². The molecule has 48 valence electrons. The minimum absolute atomic E-state index is 0.0440. The molecule has 0 radical (unpaired) electrons. The second-order valence-electron chi connectivity index (χ2n) is 2.62. The molecule has 1 aliphatic rings. The van der Waals surface area contributed by atoms with E-state index in [2.05, 4.69) is 0 Å². The lowest BCUT2D eigenvalue weighted by Gasteiger charge is -2.03. The topological polar surface area (TPSA) is 46.2 Å². The molecule has 0 amide bonds. The van der Waals surface area contributed by atoms with E-state index >= 15 is 0 Å². The minimum atomic E-state index is 0.0440. The van der Waals surface area contributed by atoms with Crippen molar-refractivity contribution < 1.29 is 5.11 Å². The Balaban J connectivity index is 1.98. The van der Waals surface area contributed by atoms with E-state index in [0.717, 1.165) is 12.3 Å². The lowest BCUT2D eigenvalue weighted by molar-refractivity contribution is 0.256. The van der Waals surface area contributed by atoms with E-state index in [1.54, 1.807) is 0 Å². The molecule has 1 rings (SSSR count). The number of nitrogens with two attached hydrogens (primary N) is 1. The Bertz CT molecular complexity index is 70.9. The predicted octanol–water partition coefficient (Wildman–Crippen LogP) is 0.106. The van der Waals surface area contributed by atoms with Gasteiger partial charge >= 0.3 is 0 Å². The molecule has 0 aromatic heterocycles. The maximum atomic E-state index is 8.49. The van der Waals surface area contributed by atoms with Gasteiger partial charge in [-0.1, -0.05) is 12.8 Å². The molecule has 3 N–H and O–H groups in total. The van der Waals surface area contributed by atoms with Crippen molar-refractivity contribution in [3.63, 3.8) is 0 Å². The summed E-state index contributed by atoms with van der Waals surface area (Å²) in [5.74, 6) is 0.845. The first-order valence-electron chi connectivity index (χ1n) is 3.19. The van der Waals surface area contributed by atoms with Crippen molar-refractivity contribution in [2.45, 2.75) is 25.3 Å². The first kappa shape index (κ1) is 6.05. The third-order valence-corrected chi connectivity index (χ3v) is 1.57. The molecular formula is C6H13NO. The Morgan fingerprint density at radius 2 is 2.25 bits per heavy atom. The van der Waals surface area contributed by atoms with Gasteiger partial charge in [-0.3, -0.25) is 0 Å². The van der Waals surface area contributed by atoms with Crippen LogP contribution in [0.3, 0.4) is 0 Å². The van der Waals surface area contributed by atoms with Crippen LogP contribution < -0.4 is 5.73 Å². The van der Waals surface area contributed by atoms with Gasteiger partial charge < -0.3 is 10.8 Å². The summed E-state index contributed by atoms with van der Waals surface area (Å²) in [7, 11) is 0. The van der Waals surface area contributed by atoms with Crippen LogP contribution >= 0.6 is 0 Å². The molecule has 2 heteroatoms. The van der Waals surface area contributed by atoms with Gasteiger partial charge in [-0.2, -0.15) is 0 Å². The molecule has 0 aromatic rings. The summed E-state index contributed by atoms with van der Waals surface area (Å²) in [5, 5.41) is 8.49. The molecule has 0 spiro atoms. The highest BCUT2D eigenvalue weighted by atomic mass is 16.3. The Morgan fingerprint density at radius 1 is 1.62 bits per heavy atom. The van der Waals surface area contributed by atoms with Crippen LogP contribution in [0.4, 0.5) is 0 Å². The fourth-order valence-corrected chi connectivity index (χ4v) is 0.856. The average Bonchev–Trinajstić information content (AvgIpc) is 2.50. The van der Waals surface area contributed by atoms with Crippen LogP contribution in [-0.4, -0.2) is 17.8 Å². The van der Waals surface area contributed by atoms with Crippen LogP contribution in [-0.2, 0) is 0 Å². The molecule has 8 heavy (non-hydrogen) atoms. The molecule has 1 atom stereocenters. The molecule has 0 saturated heterocycles. The summed E-state index contributed by atoms with van der Waals surface area (Å²) in [6, 6.07) is 0.0440. The molecule has 0 bridgehead atoms. The van der Waals surface area contributed by atoms with Gasteiger partial charge in [-0.25, -0.2) is 0 Å².